The summed E-state index contributed by atoms with van der Waals surface area (Å²) in [5.41, 5.74) is 0. The molecular weight excluding hydrogens is 202 g/mol. The Balaban J connectivity index is 1.79. The highest BCUT2D eigenvalue weighted by Gasteiger charge is 2.36. The Kier molecular flexibility index (Phi) is 3.66. The van der Waals surface area contributed by atoms with Crippen molar-refractivity contribution in [1.29, 1.82) is 0 Å². The van der Waals surface area contributed by atoms with Gasteiger partial charge in [0.1, 0.15) is 11.5 Å². The molecule has 0 aromatic carbocycles. The summed E-state index contributed by atoms with van der Waals surface area (Å²) in [4.78, 5) is 0. The largest absolute Gasteiger partial charge is 0.464 e. The molecule has 1 saturated carbocycles. The standard InChI is InChI=1S/C13H21NO2/c1-9-7-12(9)13-4-3-11(16-13)8-14-10(2)5-6-15/h3-4,9-10,12,14-15H,5-8H2,1-2H3. The molecule has 3 nitrogen and oxygen atoms in total. The SMILES string of the molecule is CC(CCO)NCc1ccc(C2CC2C)o1. The van der Waals surface area contributed by atoms with Gasteiger partial charge in [-0.25, -0.2) is 0 Å². The fraction of sp³-hybridized carbons (Fsp3) is 0.692. The molecule has 0 spiro atoms. The van der Waals surface area contributed by atoms with Crippen molar-refractivity contribution < 1.29 is 9.52 Å². The van der Waals surface area contributed by atoms with Gasteiger partial charge in [0, 0.05) is 18.6 Å². The molecule has 0 saturated heterocycles. The predicted octanol–water partition coefficient (Wildman–Crippen LogP) is 2.26. The Hall–Kier alpha value is -0.800. The molecule has 3 atom stereocenters. The van der Waals surface area contributed by atoms with Crippen LogP contribution in [0.4, 0.5) is 0 Å². The van der Waals surface area contributed by atoms with Crippen molar-refractivity contribution in [2.75, 3.05) is 6.61 Å². The van der Waals surface area contributed by atoms with Gasteiger partial charge in [-0.05, 0) is 37.8 Å². The normalized spacial score (nSPS) is 25.7. The van der Waals surface area contributed by atoms with Crippen molar-refractivity contribution in [3.8, 4) is 0 Å². The summed E-state index contributed by atoms with van der Waals surface area (Å²) in [6.07, 6.45) is 2.05. The van der Waals surface area contributed by atoms with Crippen molar-refractivity contribution in [1.82, 2.24) is 5.32 Å². The highest BCUT2D eigenvalue weighted by Crippen LogP contribution is 2.47. The first-order valence-electron chi connectivity index (χ1n) is 6.13. The Bertz CT molecular complexity index is 334. The molecule has 1 aromatic rings. The van der Waals surface area contributed by atoms with Gasteiger partial charge in [0.2, 0.25) is 0 Å². The van der Waals surface area contributed by atoms with Gasteiger partial charge in [0.05, 0.1) is 6.54 Å². The minimum Gasteiger partial charge on any atom is -0.464 e. The monoisotopic (exact) mass is 223 g/mol. The molecule has 1 aliphatic carbocycles. The Labute approximate surface area is 96.8 Å². The minimum absolute atomic E-state index is 0.233. The first-order valence-corrected chi connectivity index (χ1v) is 6.13. The van der Waals surface area contributed by atoms with Crippen molar-refractivity contribution in [2.45, 2.75) is 45.2 Å². The molecular formula is C13H21NO2. The van der Waals surface area contributed by atoms with Crippen LogP contribution in [0.15, 0.2) is 16.5 Å². The van der Waals surface area contributed by atoms with Gasteiger partial charge in [-0.1, -0.05) is 6.92 Å². The maximum Gasteiger partial charge on any atom is 0.117 e. The summed E-state index contributed by atoms with van der Waals surface area (Å²) >= 11 is 0. The number of aliphatic hydroxyl groups excluding tert-OH is 1. The lowest BCUT2D eigenvalue weighted by Gasteiger charge is -2.10. The van der Waals surface area contributed by atoms with Gasteiger partial charge in [0.15, 0.2) is 0 Å². The molecule has 16 heavy (non-hydrogen) atoms. The van der Waals surface area contributed by atoms with E-state index in [1.165, 1.54) is 6.42 Å². The van der Waals surface area contributed by atoms with Crippen molar-refractivity contribution >= 4 is 0 Å². The molecule has 2 rings (SSSR count). The molecule has 2 N–H and O–H groups in total. The lowest BCUT2D eigenvalue weighted by molar-refractivity contribution is 0.267. The number of aliphatic hydroxyl groups is 1. The number of rotatable bonds is 6. The second-order valence-electron chi connectivity index (χ2n) is 4.92. The minimum atomic E-state index is 0.233. The van der Waals surface area contributed by atoms with Crippen LogP contribution in [-0.2, 0) is 6.54 Å². The van der Waals surface area contributed by atoms with E-state index in [4.69, 9.17) is 9.52 Å². The zero-order chi connectivity index (χ0) is 11.5. The lowest BCUT2D eigenvalue weighted by Crippen LogP contribution is -2.26. The molecule has 0 aliphatic heterocycles. The Morgan fingerprint density at radius 2 is 2.31 bits per heavy atom. The smallest absolute Gasteiger partial charge is 0.117 e. The van der Waals surface area contributed by atoms with Crippen LogP contribution in [0.25, 0.3) is 0 Å². The number of furan rings is 1. The summed E-state index contributed by atoms with van der Waals surface area (Å²) < 4.78 is 5.78. The maximum atomic E-state index is 8.78. The third kappa shape index (κ3) is 2.86. The van der Waals surface area contributed by atoms with Gasteiger partial charge in [-0.2, -0.15) is 0 Å². The van der Waals surface area contributed by atoms with Crippen molar-refractivity contribution in [3.05, 3.63) is 23.7 Å². The predicted molar refractivity (Wildman–Crippen MR) is 63.2 cm³/mol. The van der Waals surface area contributed by atoms with Crippen LogP contribution >= 0.6 is 0 Å². The van der Waals surface area contributed by atoms with Gasteiger partial charge in [-0.15, -0.1) is 0 Å². The van der Waals surface area contributed by atoms with Crippen LogP contribution < -0.4 is 5.32 Å². The second-order valence-corrected chi connectivity index (χ2v) is 4.92. The second kappa shape index (κ2) is 5.02. The molecule has 1 heterocycles. The fourth-order valence-electron chi connectivity index (χ4n) is 1.98. The van der Waals surface area contributed by atoms with Crippen LogP contribution in [0, 0.1) is 5.92 Å². The maximum absolute atomic E-state index is 8.78. The van der Waals surface area contributed by atoms with Crippen LogP contribution in [0.3, 0.4) is 0 Å². The molecule has 0 radical (unpaired) electrons. The van der Waals surface area contributed by atoms with E-state index in [9.17, 15) is 0 Å². The van der Waals surface area contributed by atoms with E-state index in [1.807, 2.05) is 0 Å². The van der Waals surface area contributed by atoms with Crippen LogP contribution in [0.5, 0.6) is 0 Å². The number of hydrogen-bond donors (Lipinski definition) is 2. The van der Waals surface area contributed by atoms with Crippen molar-refractivity contribution in [2.24, 2.45) is 5.92 Å². The summed E-state index contributed by atoms with van der Waals surface area (Å²) in [7, 11) is 0. The van der Waals surface area contributed by atoms with E-state index >= 15 is 0 Å². The average Bonchev–Trinajstić information content (AvgIpc) is 2.80. The van der Waals surface area contributed by atoms with E-state index in [0.29, 0.717) is 12.0 Å². The highest BCUT2D eigenvalue weighted by atomic mass is 16.3. The van der Waals surface area contributed by atoms with E-state index in [0.717, 1.165) is 30.4 Å². The summed E-state index contributed by atoms with van der Waals surface area (Å²) in [5, 5.41) is 12.1. The summed E-state index contributed by atoms with van der Waals surface area (Å²) in [6, 6.07) is 4.49. The van der Waals surface area contributed by atoms with Gasteiger partial charge in [0.25, 0.3) is 0 Å². The molecule has 1 aromatic heterocycles. The van der Waals surface area contributed by atoms with E-state index in [2.05, 4.69) is 31.3 Å². The Morgan fingerprint density at radius 3 is 2.94 bits per heavy atom. The first kappa shape index (κ1) is 11.7. The topological polar surface area (TPSA) is 45.4 Å². The third-order valence-electron chi connectivity index (χ3n) is 3.34. The first-order chi connectivity index (χ1) is 7.70. The molecule has 3 heteroatoms. The van der Waals surface area contributed by atoms with Crippen LogP contribution in [-0.4, -0.2) is 17.8 Å². The number of nitrogens with one attached hydrogen (secondary N) is 1. The molecule has 3 unspecified atom stereocenters. The molecule has 1 aliphatic rings. The van der Waals surface area contributed by atoms with E-state index in [-0.39, 0.29) is 6.61 Å². The van der Waals surface area contributed by atoms with Gasteiger partial charge < -0.3 is 14.8 Å². The van der Waals surface area contributed by atoms with Crippen molar-refractivity contribution in [3.63, 3.8) is 0 Å². The van der Waals surface area contributed by atoms with Gasteiger partial charge >= 0.3 is 0 Å². The average molecular weight is 223 g/mol. The fourth-order valence-corrected chi connectivity index (χ4v) is 1.98. The van der Waals surface area contributed by atoms with Crippen LogP contribution in [0.2, 0.25) is 0 Å². The quantitative estimate of drug-likeness (QED) is 0.777. The molecule has 1 fully saturated rings. The highest BCUT2D eigenvalue weighted by molar-refractivity contribution is 5.17. The lowest BCUT2D eigenvalue weighted by atomic mass is 10.2. The molecule has 0 amide bonds. The zero-order valence-electron chi connectivity index (χ0n) is 10.1. The number of hydrogen-bond acceptors (Lipinski definition) is 3. The van der Waals surface area contributed by atoms with Crippen LogP contribution in [0.1, 0.15) is 44.1 Å². The zero-order valence-corrected chi connectivity index (χ0v) is 10.1. The van der Waals surface area contributed by atoms with Gasteiger partial charge in [-0.3, -0.25) is 0 Å². The van der Waals surface area contributed by atoms with E-state index < -0.39 is 0 Å². The summed E-state index contributed by atoms with van der Waals surface area (Å²) in [6.45, 7) is 5.32. The van der Waals surface area contributed by atoms with E-state index in [1.54, 1.807) is 0 Å². The summed E-state index contributed by atoms with van der Waals surface area (Å²) in [5.74, 6) is 3.59. The molecule has 0 bridgehead atoms. The third-order valence-corrected chi connectivity index (χ3v) is 3.34. The Morgan fingerprint density at radius 1 is 1.56 bits per heavy atom. The molecule has 90 valence electrons.